The van der Waals surface area contributed by atoms with Gasteiger partial charge in [-0.15, -0.1) is 0 Å². The third-order valence-corrected chi connectivity index (χ3v) is 3.72. The molecule has 0 fully saturated rings. The Kier molecular flexibility index (Phi) is 4.18. The molecule has 0 bridgehead atoms. The maximum atomic E-state index is 12.4. The molecule has 3 N–H and O–H groups in total. The molecule has 2 rings (SSSR count). The number of benzene rings is 1. The van der Waals surface area contributed by atoms with Crippen LogP contribution in [0.3, 0.4) is 0 Å². The van der Waals surface area contributed by atoms with Crippen LogP contribution in [0.2, 0.25) is 0 Å². The molecule has 1 amide bonds. The number of carbonyl (C=O) groups excluding carboxylic acids is 1. The van der Waals surface area contributed by atoms with E-state index in [1.807, 2.05) is 43.5 Å². The van der Waals surface area contributed by atoms with Crippen LogP contribution in [0.4, 0.5) is 11.4 Å². The molecule has 1 aromatic heterocycles. The lowest BCUT2D eigenvalue weighted by Gasteiger charge is -2.13. The summed E-state index contributed by atoms with van der Waals surface area (Å²) in [6, 6.07) is 7.69. The molecule has 4 nitrogen and oxygen atoms in total. The Morgan fingerprint density at radius 3 is 2.70 bits per heavy atom. The molecule has 106 valence electrons. The number of amides is 1. The minimum atomic E-state index is -0.165. The highest BCUT2D eigenvalue weighted by atomic mass is 79.9. The number of aromatic nitrogens is 1. The van der Waals surface area contributed by atoms with Gasteiger partial charge in [0.05, 0.1) is 11.4 Å². The van der Waals surface area contributed by atoms with Crippen LogP contribution in [-0.2, 0) is 0 Å². The third-order valence-electron chi connectivity index (χ3n) is 3.03. The van der Waals surface area contributed by atoms with E-state index >= 15 is 0 Å². The summed E-state index contributed by atoms with van der Waals surface area (Å²) >= 11 is 3.44. The van der Waals surface area contributed by atoms with Crippen molar-refractivity contribution in [1.82, 2.24) is 4.57 Å². The monoisotopic (exact) mass is 335 g/mol. The largest absolute Gasteiger partial charge is 0.397 e. The summed E-state index contributed by atoms with van der Waals surface area (Å²) in [4.78, 5) is 12.4. The smallest absolute Gasteiger partial charge is 0.272 e. The van der Waals surface area contributed by atoms with E-state index in [0.717, 1.165) is 15.7 Å². The highest BCUT2D eigenvalue weighted by Crippen LogP contribution is 2.25. The van der Waals surface area contributed by atoms with Gasteiger partial charge in [-0.3, -0.25) is 4.79 Å². The maximum absolute atomic E-state index is 12.4. The molecule has 20 heavy (non-hydrogen) atoms. The summed E-state index contributed by atoms with van der Waals surface area (Å²) in [5.41, 5.74) is 8.78. The Morgan fingerprint density at radius 2 is 2.05 bits per heavy atom. The van der Waals surface area contributed by atoms with Gasteiger partial charge in [0, 0.05) is 16.7 Å². The molecule has 0 aliphatic heterocycles. The van der Waals surface area contributed by atoms with Gasteiger partial charge >= 0.3 is 0 Å². The number of aryl methyl sites for hydroxylation is 1. The number of nitrogens with zero attached hydrogens (tertiary/aromatic N) is 1. The molecule has 1 heterocycles. The Labute approximate surface area is 127 Å². The summed E-state index contributed by atoms with van der Waals surface area (Å²) in [7, 11) is 0. The van der Waals surface area contributed by atoms with Crippen molar-refractivity contribution in [2.75, 3.05) is 11.1 Å². The molecule has 0 atom stereocenters. The number of carbonyl (C=O) groups is 1. The molecule has 0 aliphatic carbocycles. The second-order valence-corrected chi connectivity index (χ2v) is 5.95. The first-order chi connectivity index (χ1) is 9.38. The number of nitrogens with one attached hydrogen (secondary N) is 1. The Balaban J connectivity index is 2.31. The number of rotatable bonds is 3. The van der Waals surface area contributed by atoms with E-state index < -0.39 is 0 Å². The average molecular weight is 336 g/mol. The number of nitrogens with two attached hydrogens (primary N) is 1. The SMILES string of the molecule is Cc1ccc(Br)c(NC(=O)c2cc(N)cn2C(C)C)c1. The van der Waals surface area contributed by atoms with Crippen LogP contribution in [-0.4, -0.2) is 10.5 Å². The fourth-order valence-electron chi connectivity index (χ4n) is 2.03. The van der Waals surface area contributed by atoms with Crippen molar-refractivity contribution in [3.8, 4) is 0 Å². The summed E-state index contributed by atoms with van der Waals surface area (Å²) in [5, 5.41) is 2.91. The van der Waals surface area contributed by atoms with Gasteiger partial charge in [0.1, 0.15) is 5.69 Å². The highest BCUT2D eigenvalue weighted by Gasteiger charge is 2.15. The third kappa shape index (κ3) is 3.04. The van der Waals surface area contributed by atoms with Gasteiger partial charge < -0.3 is 15.6 Å². The lowest BCUT2D eigenvalue weighted by Crippen LogP contribution is -2.18. The predicted molar refractivity (Wildman–Crippen MR) is 86.1 cm³/mol. The summed E-state index contributed by atoms with van der Waals surface area (Å²) in [6.07, 6.45) is 1.78. The normalized spacial score (nSPS) is 10.8. The lowest BCUT2D eigenvalue weighted by molar-refractivity contribution is 0.101. The number of halogens is 1. The zero-order valence-corrected chi connectivity index (χ0v) is 13.4. The van der Waals surface area contributed by atoms with Crippen LogP contribution in [0.15, 0.2) is 34.9 Å². The molecule has 0 saturated heterocycles. The molecule has 2 aromatic rings. The first-order valence-corrected chi connectivity index (χ1v) is 7.22. The molecule has 0 radical (unpaired) electrons. The molecule has 0 saturated carbocycles. The molecule has 0 aliphatic rings. The van der Waals surface area contributed by atoms with Crippen molar-refractivity contribution in [2.24, 2.45) is 0 Å². The number of nitrogen functional groups attached to an aromatic ring is 1. The van der Waals surface area contributed by atoms with Crippen LogP contribution in [0.1, 0.15) is 35.9 Å². The van der Waals surface area contributed by atoms with Crippen LogP contribution >= 0.6 is 15.9 Å². The molecular weight excluding hydrogens is 318 g/mol. The molecule has 1 aromatic carbocycles. The zero-order chi connectivity index (χ0) is 14.9. The van der Waals surface area contributed by atoms with Crippen molar-refractivity contribution in [2.45, 2.75) is 26.8 Å². The predicted octanol–water partition coefficient (Wildman–Crippen LogP) is 3.97. The van der Waals surface area contributed by atoms with Crippen LogP contribution in [0, 0.1) is 6.92 Å². The van der Waals surface area contributed by atoms with E-state index in [1.165, 1.54) is 0 Å². The van der Waals surface area contributed by atoms with Gasteiger partial charge in [-0.1, -0.05) is 6.07 Å². The fourth-order valence-corrected chi connectivity index (χ4v) is 2.38. The molecular formula is C15H18BrN3O. The van der Waals surface area contributed by atoms with Gasteiger partial charge in [-0.05, 0) is 60.5 Å². The van der Waals surface area contributed by atoms with E-state index in [-0.39, 0.29) is 11.9 Å². The second-order valence-electron chi connectivity index (χ2n) is 5.10. The van der Waals surface area contributed by atoms with Crippen LogP contribution in [0.25, 0.3) is 0 Å². The molecule has 0 spiro atoms. The van der Waals surface area contributed by atoms with Crippen molar-refractivity contribution >= 4 is 33.2 Å². The topological polar surface area (TPSA) is 60.1 Å². The average Bonchev–Trinajstić information content (AvgIpc) is 2.76. The Morgan fingerprint density at radius 1 is 1.35 bits per heavy atom. The minimum absolute atomic E-state index is 0.165. The summed E-state index contributed by atoms with van der Waals surface area (Å²) in [6.45, 7) is 6.01. The van der Waals surface area contributed by atoms with E-state index in [0.29, 0.717) is 11.4 Å². The van der Waals surface area contributed by atoms with Crippen molar-refractivity contribution in [3.63, 3.8) is 0 Å². The maximum Gasteiger partial charge on any atom is 0.272 e. The number of anilines is 2. The Bertz CT molecular complexity index is 647. The van der Waals surface area contributed by atoms with Crippen LogP contribution < -0.4 is 11.1 Å². The summed E-state index contributed by atoms with van der Waals surface area (Å²) < 4.78 is 2.72. The standard InChI is InChI=1S/C15H18BrN3O/c1-9(2)19-8-11(17)7-14(19)15(20)18-13-6-10(3)4-5-12(13)16/h4-9H,17H2,1-3H3,(H,18,20). The van der Waals surface area contributed by atoms with Gasteiger partial charge in [0.15, 0.2) is 0 Å². The first-order valence-electron chi connectivity index (χ1n) is 6.43. The van der Waals surface area contributed by atoms with E-state index in [4.69, 9.17) is 5.73 Å². The van der Waals surface area contributed by atoms with E-state index in [1.54, 1.807) is 12.3 Å². The second kappa shape index (κ2) is 5.71. The first kappa shape index (κ1) is 14.7. The van der Waals surface area contributed by atoms with E-state index in [9.17, 15) is 4.79 Å². The van der Waals surface area contributed by atoms with Gasteiger partial charge in [0.2, 0.25) is 0 Å². The minimum Gasteiger partial charge on any atom is -0.397 e. The number of hydrogen-bond donors (Lipinski definition) is 2. The van der Waals surface area contributed by atoms with Gasteiger partial charge in [0.25, 0.3) is 5.91 Å². The zero-order valence-electron chi connectivity index (χ0n) is 11.8. The fraction of sp³-hybridized carbons (Fsp3) is 0.267. The van der Waals surface area contributed by atoms with Gasteiger partial charge in [-0.25, -0.2) is 0 Å². The molecule has 5 heteroatoms. The lowest BCUT2D eigenvalue weighted by atomic mass is 10.2. The number of hydrogen-bond acceptors (Lipinski definition) is 2. The molecule has 0 unspecified atom stereocenters. The van der Waals surface area contributed by atoms with Crippen molar-refractivity contribution < 1.29 is 4.79 Å². The summed E-state index contributed by atoms with van der Waals surface area (Å²) in [5.74, 6) is -0.165. The quantitative estimate of drug-likeness (QED) is 0.891. The van der Waals surface area contributed by atoms with Crippen LogP contribution in [0.5, 0.6) is 0 Å². The van der Waals surface area contributed by atoms with Crippen molar-refractivity contribution in [3.05, 3.63) is 46.2 Å². The van der Waals surface area contributed by atoms with E-state index in [2.05, 4.69) is 21.2 Å². The van der Waals surface area contributed by atoms with Crippen molar-refractivity contribution in [1.29, 1.82) is 0 Å². The highest BCUT2D eigenvalue weighted by molar-refractivity contribution is 9.10. The Hall–Kier alpha value is -1.75. The van der Waals surface area contributed by atoms with Gasteiger partial charge in [-0.2, -0.15) is 0 Å².